The van der Waals surface area contributed by atoms with Gasteiger partial charge in [0, 0.05) is 6.92 Å². The van der Waals surface area contributed by atoms with E-state index in [-0.39, 0.29) is 13.0 Å². The largest absolute Gasteiger partial charge is 0.460 e. The van der Waals surface area contributed by atoms with E-state index in [1.165, 1.54) is 0 Å². The maximum atomic E-state index is 15.7. The molecule has 0 aliphatic carbocycles. The molecule has 1 amide bonds. The van der Waals surface area contributed by atoms with E-state index in [2.05, 4.69) is 14.7 Å². The fraction of sp³-hybridized carbons (Fsp3) is 0.677. The van der Waals surface area contributed by atoms with Crippen LogP contribution >= 0.6 is 0 Å². The molecule has 0 aromatic heterocycles. The van der Waals surface area contributed by atoms with Crippen LogP contribution < -0.4 is 5.32 Å². The smallest absolute Gasteiger partial charge is 0.445 e. The zero-order valence-corrected chi connectivity index (χ0v) is 34.2. The number of halogens is 37. The third-order valence-electron chi connectivity index (χ3n) is 9.59. The molecule has 438 valence electrons. The quantitative estimate of drug-likeness (QED) is 0.0408. The maximum Gasteiger partial charge on any atom is 0.460 e. The van der Waals surface area contributed by atoms with Crippen molar-refractivity contribution in [2.75, 3.05) is 6.73 Å². The average Bonchev–Trinajstić information content (AvgIpc) is 3.22. The van der Waals surface area contributed by atoms with Gasteiger partial charge in [-0.2, -0.15) is 172 Å². The summed E-state index contributed by atoms with van der Waals surface area (Å²) >= 11 is 0. The number of alkyl halides is 37. The highest BCUT2D eigenvalue weighted by Gasteiger charge is 3.02. The van der Waals surface area contributed by atoms with Crippen LogP contribution in [0.1, 0.15) is 28.4 Å². The molecular formula is C31H10F37N3O5. The number of esters is 1. The van der Waals surface area contributed by atoms with Crippen LogP contribution in [-0.2, 0) is 25.0 Å². The molecule has 45 heteroatoms. The summed E-state index contributed by atoms with van der Waals surface area (Å²) in [4.78, 5) is 49.9. The predicted octanol–water partition coefficient (Wildman–Crippen LogP) is 13.0. The number of isocyanates is 2. The molecule has 8 nitrogen and oxygen atoms in total. The van der Waals surface area contributed by atoms with Crippen molar-refractivity contribution >= 4 is 35.4 Å². The monoisotopic (exact) mass is 1210 g/mol. The molecule has 76 heavy (non-hydrogen) atoms. The van der Waals surface area contributed by atoms with E-state index in [1.54, 1.807) is 0 Å². The lowest BCUT2D eigenvalue weighted by Crippen LogP contribution is -2.80. The number of benzene rings is 1. The molecule has 1 aromatic carbocycles. The van der Waals surface area contributed by atoms with Crippen LogP contribution in [0.15, 0.2) is 16.1 Å². The summed E-state index contributed by atoms with van der Waals surface area (Å²) in [7, 11) is 0. The van der Waals surface area contributed by atoms with Gasteiger partial charge in [-0.3, -0.25) is 9.59 Å². The Morgan fingerprint density at radius 1 is 0.421 bits per heavy atom. The zero-order valence-electron chi connectivity index (χ0n) is 34.2. The topological polar surface area (TPSA) is 114 Å². The molecule has 0 saturated carbocycles. The van der Waals surface area contributed by atoms with Crippen molar-refractivity contribution in [1.82, 2.24) is 5.32 Å². The van der Waals surface area contributed by atoms with Crippen LogP contribution in [0.25, 0.3) is 0 Å². The summed E-state index contributed by atoms with van der Waals surface area (Å²) in [6, 6.07) is -0.579. The van der Waals surface area contributed by atoms with Gasteiger partial charge in [0.2, 0.25) is 12.2 Å². The summed E-state index contributed by atoms with van der Waals surface area (Å²) in [5, 5.41) is 1.05. The molecule has 0 aliphatic heterocycles. The van der Waals surface area contributed by atoms with E-state index < -0.39 is 160 Å². The molecule has 1 aromatic rings. The first-order valence-corrected chi connectivity index (χ1v) is 17.1. The highest BCUT2D eigenvalue weighted by molar-refractivity contribution is 6.00. The molecule has 1 rings (SSSR count). The Hall–Kier alpha value is -5.67. The normalized spacial score (nSPS) is 15.5. The van der Waals surface area contributed by atoms with Gasteiger partial charge in [-0.05, 0) is 18.6 Å². The second-order valence-corrected chi connectivity index (χ2v) is 14.2. The van der Waals surface area contributed by atoms with Gasteiger partial charge < -0.3 is 10.1 Å². The van der Waals surface area contributed by atoms with Gasteiger partial charge in [0.25, 0.3) is 5.91 Å². The molecule has 0 aliphatic rings. The first-order valence-electron chi connectivity index (χ1n) is 17.1. The second-order valence-electron chi connectivity index (χ2n) is 14.2. The Kier molecular flexibility index (Phi) is 16.9. The standard InChI is InChI=1S/C31H10F37N3O5/c1-7-9(69-4-72)3-10(70-5-73)12(11(7)13(75)71-6-76-8(2)74)14(32,33)15(34,35)16(36,37)17(38,39)18(40,41)19(42,43)20(44,45)21(46,47)22(48,49)23(50,51)24(52,53)25(54,55)26(56,57)27(58,59)28(60,61)29(62,63)30(64,65)31(66,67)68/h3H,6H2,1-2H3,(H,71,75). The Morgan fingerprint density at radius 3 is 0.895 bits per heavy atom. The minimum absolute atomic E-state index is 0.0358. The molecule has 0 radical (unpaired) electrons. The van der Waals surface area contributed by atoms with Crippen LogP contribution in [0.4, 0.5) is 174 Å². The van der Waals surface area contributed by atoms with Crippen LogP contribution in [0, 0.1) is 6.92 Å². The van der Waals surface area contributed by atoms with Crippen LogP contribution in [0.3, 0.4) is 0 Å². The maximum absolute atomic E-state index is 15.7. The Labute approximate surface area is 388 Å². The fourth-order valence-corrected chi connectivity index (χ4v) is 5.24. The average molecular weight is 1210 g/mol. The zero-order chi connectivity index (χ0) is 61.7. The van der Waals surface area contributed by atoms with Gasteiger partial charge in [-0.1, -0.05) is 0 Å². The van der Waals surface area contributed by atoms with Crippen molar-refractivity contribution in [3.8, 4) is 0 Å². The van der Waals surface area contributed by atoms with E-state index in [9.17, 15) is 164 Å². The number of rotatable bonds is 22. The first-order chi connectivity index (χ1) is 32.9. The summed E-state index contributed by atoms with van der Waals surface area (Å²) in [6.07, 6.45) is -8.03. The number of nitrogens with one attached hydrogen (secondary N) is 1. The predicted molar refractivity (Wildman–Crippen MR) is 160 cm³/mol. The summed E-state index contributed by atoms with van der Waals surface area (Å²) in [5.74, 6) is -174. The number of carbonyl (C=O) groups excluding carboxylic acids is 4. The lowest BCUT2D eigenvalue weighted by atomic mass is 9.81. The molecule has 0 fully saturated rings. The highest BCUT2D eigenvalue weighted by atomic mass is 19.4. The molecule has 0 spiro atoms. The molecule has 0 unspecified atom stereocenters. The number of hydrogen-bond donors (Lipinski definition) is 1. The molecule has 0 bridgehead atoms. The van der Waals surface area contributed by atoms with E-state index >= 15 is 17.6 Å². The third-order valence-corrected chi connectivity index (χ3v) is 9.59. The van der Waals surface area contributed by atoms with Crippen molar-refractivity contribution in [3.63, 3.8) is 0 Å². The molecular weight excluding hydrogens is 1200 g/mol. The minimum Gasteiger partial charge on any atom is -0.445 e. The van der Waals surface area contributed by atoms with Gasteiger partial charge in [-0.15, -0.1) is 0 Å². The lowest BCUT2D eigenvalue weighted by Gasteiger charge is -2.47. The number of nitrogens with zero attached hydrogens (tertiary/aromatic N) is 2. The Bertz CT molecular complexity index is 2500. The molecule has 0 atom stereocenters. The molecule has 1 N–H and O–H groups in total. The molecule has 0 heterocycles. The van der Waals surface area contributed by atoms with Gasteiger partial charge in [0.1, 0.15) is 0 Å². The first kappa shape index (κ1) is 68.3. The van der Waals surface area contributed by atoms with Gasteiger partial charge in [-0.25, -0.2) is 9.59 Å². The summed E-state index contributed by atoms with van der Waals surface area (Å²) in [6.45, 7) is -1.26. The van der Waals surface area contributed by atoms with Crippen LogP contribution in [0.5, 0.6) is 0 Å². The van der Waals surface area contributed by atoms with E-state index in [0.717, 1.165) is 5.32 Å². The summed E-state index contributed by atoms with van der Waals surface area (Å²) < 4.78 is 528. The molecule has 0 saturated heterocycles. The van der Waals surface area contributed by atoms with Crippen molar-refractivity contribution in [3.05, 3.63) is 22.8 Å². The second kappa shape index (κ2) is 18.8. The minimum atomic E-state index is -10.6. The Morgan fingerprint density at radius 2 is 0.658 bits per heavy atom. The van der Waals surface area contributed by atoms with Crippen molar-refractivity contribution in [2.45, 2.75) is 121 Å². The number of amides is 1. The van der Waals surface area contributed by atoms with Crippen LogP contribution in [0.2, 0.25) is 0 Å². The van der Waals surface area contributed by atoms with E-state index in [4.69, 9.17) is 0 Å². The van der Waals surface area contributed by atoms with Crippen molar-refractivity contribution in [2.24, 2.45) is 9.98 Å². The third kappa shape index (κ3) is 8.64. The summed E-state index contributed by atoms with van der Waals surface area (Å²) in [5.41, 5.74) is -12.3. The number of hydrogen-bond acceptors (Lipinski definition) is 7. The van der Waals surface area contributed by atoms with Gasteiger partial charge in [0.15, 0.2) is 6.73 Å². The van der Waals surface area contributed by atoms with E-state index in [1.807, 2.05) is 0 Å². The number of aliphatic imine (C=N–C) groups is 2. The highest BCUT2D eigenvalue weighted by Crippen LogP contribution is 2.71. The van der Waals surface area contributed by atoms with E-state index in [0.29, 0.717) is 13.0 Å². The van der Waals surface area contributed by atoms with Crippen molar-refractivity contribution in [1.29, 1.82) is 0 Å². The van der Waals surface area contributed by atoms with Crippen LogP contribution in [-0.4, -0.2) is 132 Å². The SMILES string of the molecule is CC(=O)OCNC(=O)c1c(C)c(N=C=O)cc(N=C=O)c1C(F)(F)C(F)(F)C(F)(F)C(F)(F)C(F)(F)C(F)(F)C(F)(F)C(F)(F)C(F)(F)C(F)(F)C(F)(F)C(F)(F)C(F)(F)C(F)(F)C(F)(F)C(F)(F)C(F)(F)C(F)(F)F. The van der Waals surface area contributed by atoms with Crippen molar-refractivity contribution < 1.29 is 186 Å². The number of carbonyl (C=O) groups is 2. The fourth-order valence-electron chi connectivity index (χ4n) is 5.24. The van der Waals surface area contributed by atoms with Gasteiger partial charge in [0.05, 0.1) is 22.5 Å². The van der Waals surface area contributed by atoms with Gasteiger partial charge >= 0.3 is 113 Å². The Balaban J connectivity index is 4.35. The lowest BCUT2D eigenvalue weighted by molar-refractivity contribution is -0.493. The number of ether oxygens (including phenoxy) is 1.